The topological polar surface area (TPSA) is 108 Å². The van der Waals surface area contributed by atoms with E-state index in [4.69, 9.17) is 15.3 Å². The highest BCUT2D eigenvalue weighted by molar-refractivity contribution is 5.89. The minimum atomic E-state index is -1.26. The second kappa shape index (κ2) is 6.75. The molecule has 0 fully saturated rings. The Bertz CT molecular complexity index is 605. The van der Waals surface area contributed by atoms with Crippen LogP contribution in [0.4, 0.5) is 0 Å². The molecule has 0 aliphatic carbocycles. The van der Waals surface area contributed by atoms with E-state index in [9.17, 15) is 9.59 Å². The van der Waals surface area contributed by atoms with E-state index in [2.05, 4.69) is 4.98 Å². The minimum absolute atomic E-state index is 0.212. The van der Waals surface area contributed by atoms with Gasteiger partial charge in [-0.1, -0.05) is 18.2 Å². The number of benzene rings is 1. The van der Waals surface area contributed by atoms with E-state index in [1.165, 1.54) is 6.20 Å². The van der Waals surface area contributed by atoms with Crippen molar-refractivity contribution in [2.24, 2.45) is 0 Å². The molecule has 0 radical (unpaired) electrons. The number of aromatic nitrogens is 1. The molecule has 1 aromatic heterocycles. The van der Waals surface area contributed by atoms with Crippen molar-refractivity contribution in [3.8, 4) is 5.75 Å². The van der Waals surface area contributed by atoms with E-state index in [1.54, 1.807) is 6.07 Å². The Labute approximate surface area is 108 Å². The Hall–Kier alpha value is -2.89. The number of carboxylic acids is 2. The molecule has 0 saturated heterocycles. The molecule has 0 unspecified atom stereocenters. The van der Waals surface area contributed by atoms with Gasteiger partial charge in [0, 0.05) is 17.5 Å². The first kappa shape index (κ1) is 14.2. The predicted molar refractivity (Wildman–Crippen MR) is 67.8 cm³/mol. The van der Waals surface area contributed by atoms with Crippen molar-refractivity contribution in [2.45, 2.75) is 0 Å². The highest BCUT2D eigenvalue weighted by Crippen LogP contribution is 2.15. The fraction of sp³-hybridized carbons (Fsp3) is 0. The van der Waals surface area contributed by atoms with Gasteiger partial charge in [-0.15, -0.1) is 0 Å². The summed E-state index contributed by atoms with van der Waals surface area (Å²) in [7, 11) is 0. The van der Waals surface area contributed by atoms with E-state index >= 15 is 0 Å². The lowest BCUT2D eigenvalue weighted by Gasteiger charge is -1.95. The van der Waals surface area contributed by atoms with E-state index in [-0.39, 0.29) is 5.75 Å². The van der Waals surface area contributed by atoms with Crippen LogP contribution in [-0.4, -0.2) is 32.2 Å². The first-order valence-electron chi connectivity index (χ1n) is 5.16. The molecule has 0 spiro atoms. The van der Waals surface area contributed by atoms with Crippen LogP contribution in [0.25, 0.3) is 10.9 Å². The third-order valence-electron chi connectivity index (χ3n) is 1.94. The quantitative estimate of drug-likeness (QED) is 0.709. The van der Waals surface area contributed by atoms with Crippen LogP contribution in [0.15, 0.2) is 48.7 Å². The molecular formula is C13H11NO5. The molecule has 6 heteroatoms. The molecule has 3 N–H and O–H groups in total. The lowest BCUT2D eigenvalue weighted by atomic mass is 10.2. The van der Waals surface area contributed by atoms with Crippen molar-refractivity contribution in [2.75, 3.05) is 0 Å². The average molecular weight is 261 g/mol. The van der Waals surface area contributed by atoms with Crippen LogP contribution in [-0.2, 0) is 9.59 Å². The van der Waals surface area contributed by atoms with E-state index in [0.29, 0.717) is 12.2 Å². The number of carboxylic acid groups (broad SMARTS) is 2. The van der Waals surface area contributed by atoms with Gasteiger partial charge in [0.05, 0.1) is 11.7 Å². The molecule has 6 nitrogen and oxygen atoms in total. The normalized spacial score (nSPS) is 9.89. The Kier molecular flexibility index (Phi) is 5.04. The minimum Gasteiger partial charge on any atom is -0.506 e. The van der Waals surface area contributed by atoms with Gasteiger partial charge in [-0.25, -0.2) is 9.59 Å². The lowest BCUT2D eigenvalue weighted by molar-refractivity contribution is -0.134. The van der Waals surface area contributed by atoms with Gasteiger partial charge >= 0.3 is 11.9 Å². The maximum absolute atomic E-state index is 9.55. The summed E-state index contributed by atoms with van der Waals surface area (Å²) in [5.41, 5.74) is 0.908. The molecule has 1 heterocycles. The largest absolute Gasteiger partial charge is 0.506 e. The van der Waals surface area contributed by atoms with Crippen LogP contribution in [0.3, 0.4) is 0 Å². The predicted octanol–water partition coefficient (Wildman–Crippen LogP) is 1.65. The number of nitrogens with zero attached hydrogens (tertiary/aromatic N) is 1. The van der Waals surface area contributed by atoms with Gasteiger partial charge in [-0.3, -0.25) is 4.98 Å². The molecule has 0 amide bonds. The van der Waals surface area contributed by atoms with Crippen molar-refractivity contribution >= 4 is 22.8 Å². The highest BCUT2D eigenvalue weighted by atomic mass is 16.4. The summed E-state index contributed by atoms with van der Waals surface area (Å²) in [6.45, 7) is 0. The van der Waals surface area contributed by atoms with Gasteiger partial charge in [0.15, 0.2) is 0 Å². The van der Waals surface area contributed by atoms with Crippen LogP contribution < -0.4 is 0 Å². The monoisotopic (exact) mass is 261 g/mol. The fourth-order valence-electron chi connectivity index (χ4n) is 1.20. The van der Waals surface area contributed by atoms with Crippen LogP contribution in [0.5, 0.6) is 5.75 Å². The van der Waals surface area contributed by atoms with Gasteiger partial charge in [0.1, 0.15) is 5.75 Å². The summed E-state index contributed by atoms with van der Waals surface area (Å²) in [5.74, 6) is -2.30. The van der Waals surface area contributed by atoms with Gasteiger partial charge < -0.3 is 15.3 Å². The molecule has 2 aromatic rings. The molecule has 19 heavy (non-hydrogen) atoms. The van der Waals surface area contributed by atoms with Gasteiger partial charge in [-0.2, -0.15) is 0 Å². The smallest absolute Gasteiger partial charge is 0.328 e. The zero-order valence-corrected chi connectivity index (χ0v) is 9.72. The van der Waals surface area contributed by atoms with Crippen molar-refractivity contribution in [3.05, 3.63) is 48.7 Å². The molecule has 0 bridgehead atoms. The maximum atomic E-state index is 9.55. The van der Waals surface area contributed by atoms with Crippen molar-refractivity contribution in [1.29, 1.82) is 0 Å². The number of fused-ring (bicyclic) bond motifs is 1. The maximum Gasteiger partial charge on any atom is 0.328 e. The lowest BCUT2D eigenvalue weighted by Crippen LogP contribution is -1.91. The van der Waals surface area contributed by atoms with Gasteiger partial charge in [0.2, 0.25) is 0 Å². The molecule has 0 saturated carbocycles. The fourth-order valence-corrected chi connectivity index (χ4v) is 1.20. The van der Waals surface area contributed by atoms with Crippen molar-refractivity contribution in [3.63, 3.8) is 0 Å². The summed E-state index contributed by atoms with van der Waals surface area (Å²) in [5, 5.41) is 25.7. The van der Waals surface area contributed by atoms with E-state index < -0.39 is 11.9 Å². The van der Waals surface area contributed by atoms with Crippen molar-refractivity contribution < 1.29 is 24.9 Å². The van der Waals surface area contributed by atoms with Crippen molar-refractivity contribution in [1.82, 2.24) is 4.98 Å². The summed E-state index contributed by atoms with van der Waals surface area (Å²) >= 11 is 0. The molecule has 0 atom stereocenters. The van der Waals surface area contributed by atoms with Crippen LogP contribution in [0.2, 0.25) is 0 Å². The zero-order valence-electron chi connectivity index (χ0n) is 9.72. The molecule has 2 rings (SSSR count). The second-order valence-corrected chi connectivity index (χ2v) is 3.40. The van der Waals surface area contributed by atoms with Crippen LogP contribution in [0.1, 0.15) is 0 Å². The second-order valence-electron chi connectivity index (χ2n) is 3.40. The summed E-state index contributed by atoms with van der Waals surface area (Å²) in [6.07, 6.45) is 2.56. The standard InChI is InChI=1S/C9H7NO.C4H4O4/c11-8-5-7-3-1-2-4-9(7)10-6-8;5-3(6)1-2-4(7)8/h1-6,11H;1-2H,(H,5,6)(H,7,8)/b;2-1-. The zero-order chi connectivity index (χ0) is 14.3. The number of aromatic hydroxyl groups is 1. The summed E-state index contributed by atoms with van der Waals surface area (Å²) in [6, 6.07) is 9.37. The Morgan fingerprint density at radius 3 is 2.21 bits per heavy atom. The molecule has 98 valence electrons. The van der Waals surface area contributed by atoms with Gasteiger partial charge in [0.25, 0.3) is 0 Å². The SMILES string of the molecule is O=C(O)/C=C\C(=O)O.Oc1cnc2ccccc2c1. The Balaban J connectivity index is 0.000000203. The Morgan fingerprint density at radius 2 is 1.63 bits per heavy atom. The first-order valence-corrected chi connectivity index (χ1v) is 5.16. The third-order valence-corrected chi connectivity index (χ3v) is 1.94. The van der Waals surface area contributed by atoms with Gasteiger partial charge in [-0.05, 0) is 12.1 Å². The average Bonchev–Trinajstić information content (AvgIpc) is 2.37. The number of hydrogen-bond donors (Lipinski definition) is 3. The number of pyridine rings is 1. The number of carbonyl (C=O) groups is 2. The number of rotatable bonds is 2. The summed E-state index contributed by atoms with van der Waals surface area (Å²) in [4.78, 5) is 23.1. The number of aliphatic carboxylic acids is 2. The summed E-state index contributed by atoms with van der Waals surface area (Å²) < 4.78 is 0. The number of para-hydroxylation sites is 1. The molecule has 0 aliphatic heterocycles. The highest BCUT2D eigenvalue weighted by Gasteiger charge is 1.92. The van der Waals surface area contributed by atoms with E-state index in [1.807, 2.05) is 24.3 Å². The molecule has 0 aliphatic rings. The van der Waals surface area contributed by atoms with E-state index in [0.717, 1.165) is 10.9 Å². The Morgan fingerprint density at radius 1 is 1.05 bits per heavy atom. The molecule has 1 aromatic carbocycles. The van der Waals surface area contributed by atoms with Crippen LogP contribution >= 0.6 is 0 Å². The number of hydrogen-bond acceptors (Lipinski definition) is 4. The third kappa shape index (κ3) is 5.31. The first-order chi connectivity index (χ1) is 8.99. The molecular weight excluding hydrogens is 250 g/mol. The van der Waals surface area contributed by atoms with Crippen LogP contribution in [0, 0.1) is 0 Å².